The number of nitrogens with one attached hydrogen (secondary N) is 4. The monoisotopic (exact) mass is 470 g/mol. The number of aliphatic hydroxyl groups excluding tert-OH is 1. The first kappa shape index (κ1) is 27.5. The molecule has 0 bridgehead atoms. The Morgan fingerprint density at radius 2 is 1.67 bits per heavy atom. The summed E-state index contributed by atoms with van der Waals surface area (Å²) >= 11 is 0. The second-order valence-electron chi connectivity index (χ2n) is 7.69. The van der Waals surface area contributed by atoms with Crippen molar-refractivity contribution in [2.75, 3.05) is 6.61 Å². The van der Waals surface area contributed by atoms with Crippen LogP contribution in [0.3, 0.4) is 0 Å². The van der Waals surface area contributed by atoms with Gasteiger partial charge in [0, 0.05) is 24.7 Å². The molecule has 0 aromatic carbocycles. The lowest BCUT2D eigenvalue weighted by atomic mass is 10.0. The highest BCUT2D eigenvalue weighted by atomic mass is 16.4. The number of rotatable bonds is 14. The van der Waals surface area contributed by atoms with Crippen molar-refractivity contribution in [1.82, 2.24) is 25.9 Å². The molecule has 0 spiro atoms. The lowest BCUT2D eigenvalue weighted by Gasteiger charge is -2.26. The number of hydrogen-bond donors (Lipinski definition) is 8. The predicted molar refractivity (Wildman–Crippen MR) is 112 cm³/mol. The SMILES string of the molecule is CC(C)C(NC(=O)C(Cc1cnc[nH]1)NC(=O)C(N)CO)C(=O)NC(CCC(=O)O)C(=O)O. The first-order chi connectivity index (χ1) is 15.5. The van der Waals surface area contributed by atoms with Crippen LogP contribution in [0.4, 0.5) is 0 Å². The van der Waals surface area contributed by atoms with Crippen molar-refractivity contribution in [2.24, 2.45) is 11.7 Å². The summed E-state index contributed by atoms with van der Waals surface area (Å²) in [6.45, 7) is 2.58. The fraction of sp³-hybridized carbons (Fsp3) is 0.579. The van der Waals surface area contributed by atoms with Crippen molar-refractivity contribution in [3.63, 3.8) is 0 Å². The fourth-order valence-electron chi connectivity index (χ4n) is 2.76. The zero-order valence-electron chi connectivity index (χ0n) is 18.3. The van der Waals surface area contributed by atoms with Gasteiger partial charge in [-0.2, -0.15) is 0 Å². The van der Waals surface area contributed by atoms with Gasteiger partial charge in [-0.15, -0.1) is 0 Å². The maximum absolute atomic E-state index is 12.9. The van der Waals surface area contributed by atoms with Crippen LogP contribution in [0.25, 0.3) is 0 Å². The molecule has 0 radical (unpaired) electrons. The molecule has 0 saturated heterocycles. The second kappa shape index (κ2) is 13.1. The molecule has 4 atom stereocenters. The molecule has 14 nitrogen and oxygen atoms in total. The van der Waals surface area contributed by atoms with Gasteiger partial charge in [0.1, 0.15) is 24.2 Å². The van der Waals surface area contributed by atoms with E-state index in [0.29, 0.717) is 5.69 Å². The molecule has 33 heavy (non-hydrogen) atoms. The van der Waals surface area contributed by atoms with E-state index in [1.165, 1.54) is 12.5 Å². The zero-order chi connectivity index (χ0) is 25.1. The van der Waals surface area contributed by atoms with E-state index >= 15 is 0 Å². The summed E-state index contributed by atoms with van der Waals surface area (Å²) in [5.41, 5.74) is 5.99. The number of aliphatic hydroxyl groups is 1. The van der Waals surface area contributed by atoms with Gasteiger partial charge in [-0.1, -0.05) is 13.8 Å². The highest BCUT2D eigenvalue weighted by molar-refractivity contribution is 5.94. The lowest BCUT2D eigenvalue weighted by molar-refractivity contribution is -0.143. The summed E-state index contributed by atoms with van der Waals surface area (Å²) in [5, 5.41) is 34.2. The molecule has 1 aromatic heterocycles. The Bertz CT molecular complexity index is 828. The van der Waals surface area contributed by atoms with Gasteiger partial charge in [0.25, 0.3) is 0 Å². The predicted octanol–water partition coefficient (Wildman–Crippen LogP) is -2.67. The van der Waals surface area contributed by atoms with Crippen molar-refractivity contribution in [3.8, 4) is 0 Å². The molecule has 1 rings (SSSR count). The molecule has 9 N–H and O–H groups in total. The first-order valence-corrected chi connectivity index (χ1v) is 10.2. The summed E-state index contributed by atoms with van der Waals surface area (Å²) in [6.07, 6.45) is 1.97. The lowest BCUT2D eigenvalue weighted by Crippen LogP contribution is -2.59. The molecular weight excluding hydrogens is 440 g/mol. The van der Waals surface area contributed by atoms with Crippen LogP contribution in [0.1, 0.15) is 32.4 Å². The Balaban J connectivity index is 2.98. The topological polar surface area (TPSA) is 237 Å². The van der Waals surface area contributed by atoms with Crippen molar-refractivity contribution in [2.45, 2.75) is 57.3 Å². The van der Waals surface area contributed by atoms with Crippen LogP contribution >= 0.6 is 0 Å². The van der Waals surface area contributed by atoms with Crippen LogP contribution in [0, 0.1) is 5.92 Å². The van der Waals surface area contributed by atoms with E-state index in [1.54, 1.807) is 13.8 Å². The van der Waals surface area contributed by atoms with Crippen LogP contribution in [-0.2, 0) is 30.4 Å². The molecule has 0 aliphatic carbocycles. The number of amides is 3. The summed E-state index contributed by atoms with van der Waals surface area (Å²) in [6, 6.07) is -5.10. The van der Waals surface area contributed by atoms with Crippen molar-refractivity contribution in [3.05, 3.63) is 18.2 Å². The maximum Gasteiger partial charge on any atom is 0.326 e. The Morgan fingerprint density at radius 3 is 2.15 bits per heavy atom. The number of nitrogens with two attached hydrogens (primary N) is 1. The average molecular weight is 470 g/mol. The van der Waals surface area contributed by atoms with E-state index in [9.17, 15) is 29.1 Å². The van der Waals surface area contributed by atoms with Gasteiger partial charge < -0.3 is 42.0 Å². The summed E-state index contributed by atoms with van der Waals surface area (Å²) in [5.74, 6) is -5.49. The molecule has 0 saturated carbocycles. The van der Waals surface area contributed by atoms with E-state index in [1.807, 2.05) is 0 Å². The Hall–Kier alpha value is -3.52. The minimum absolute atomic E-state index is 0.0292. The van der Waals surface area contributed by atoms with Crippen LogP contribution in [0.2, 0.25) is 0 Å². The Morgan fingerprint density at radius 1 is 1.03 bits per heavy atom. The number of carbonyl (C=O) groups excluding carboxylic acids is 3. The fourth-order valence-corrected chi connectivity index (χ4v) is 2.76. The van der Waals surface area contributed by atoms with Crippen LogP contribution in [-0.4, -0.2) is 85.7 Å². The minimum atomic E-state index is -1.46. The molecule has 3 amide bonds. The van der Waals surface area contributed by atoms with Crippen molar-refractivity contribution >= 4 is 29.7 Å². The minimum Gasteiger partial charge on any atom is -0.481 e. The molecular formula is C19H30N6O8. The number of aromatic amines is 1. The molecule has 4 unspecified atom stereocenters. The normalized spacial score (nSPS) is 14.6. The quantitative estimate of drug-likeness (QED) is 0.140. The molecule has 0 aliphatic heterocycles. The standard InChI is InChI=1S/C19H30N6O8/c1-9(2)15(18(31)23-12(19(32)33)3-4-14(27)28)25-17(30)13(5-10-6-21-8-22-10)24-16(29)11(20)7-26/h6,8-9,11-13,15,26H,3-5,7,20H2,1-2H3,(H,21,22)(H,23,31)(H,24,29)(H,25,30)(H,27,28)(H,32,33). The van der Waals surface area contributed by atoms with Crippen LogP contribution < -0.4 is 21.7 Å². The number of aliphatic carboxylic acids is 2. The number of carbonyl (C=O) groups is 5. The number of carboxylic acid groups (broad SMARTS) is 2. The van der Waals surface area contributed by atoms with E-state index in [4.69, 9.17) is 15.9 Å². The Labute approximate surface area is 189 Å². The third-order valence-corrected chi connectivity index (χ3v) is 4.65. The molecule has 184 valence electrons. The van der Waals surface area contributed by atoms with Gasteiger partial charge in [0.2, 0.25) is 17.7 Å². The van der Waals surface area contributed by atoms with E-state index in [0.717, 1.165) is 0 Å². The summed E-state index contributed by atoms with van der Waals surface area (Å²) in [4.78, 5) is 66.5. The first-order valence-electron chi connectivity index (χ1n) is 10.2. The molecule has 14 heteroatoms. The number of imidazole rings is 1. The largest absolute Gasteiger partial charge is 0.481 e. The zero-order valence-corrected chi connectivity index (χ0v) is 18.3. The number of nitrogens with zero attached hydrogens (tertiary/aromatic N) is 1. The second-order valence-corrected chi connectivity index (χ2v) is 7.69. The van der Waals surface area contributed by atoms with Gasteiger partial charge in [-0.05, 0) is 12.3 Å². The number of carboxylic acids is 2. The van der Waals surface area contributed by atoms with Gasteiger partial charge in [0.05, 0.1) is 12.9 Å². The van der Waals surface area contributed by atoms with Crippen molar-refractivity contribution < 1.29 is 39.3 Å². The van der Waals surface area contributed by atoms with E-state index in [2.05, 4.69) is 25.9 Å². The molecule has 1 heterocycles. The van der Waals surface area contributed by atoms with Gasteiger partial charge >= 0.3 is 11.9 Å². The third kappa shape index (κ3) is 9.24. The van der Waals surface area contributed by atoms with E-state index in [-0.39, 0.29) is 12.8 Å². The number of hydrogen-bond acceptors (Lipinski definition) is 8. The highest BCUT2D eigenvalue weighted by Gasteiger charge is 2.32. The molecule has 0 fully saturated rings. The number of aromatic nitrogens is 2. The summed E-state index contributed by atoms with van der Waals surface area (Å²) in [7, 11) is 0. The van der Waals surface area contributed by atoms with Crippen LogP contribution in [0.15, 0.2) is 12.5 Å². The smallest absolute Gasteiger partial charge is 0.326 e. The maximum atomic E-state index is 12.9. The third-order valence-electron chi connectivity index (χ3n) is 4.65. The van der Waals surface area contributed by atoms with Gasteiger partial charge in [-0.3, -0.25) is 19.2 Å². The molecule has 0 aliphatic rings. The van der Waals surface area contributed by atoms with Gasteiger partial charge in [0.15, 0.2) is 0 Å². The highest BCUT2D eigenvalue weighted by Crippen LogP contribution is 2.07. The Kier molecular flexibility index (Phi) is 10.9. The summed E-state index contributed by atoms with van der Waals surface area (Å²) < 4.78 is 0. The van der Waals surface area contributed by atoms with Crippen LogP contribution in [0.5, 0.6) is 0 Å². The van der Waals surface area contributed by atoms with Gasteiger partial charge in [-0.25, -0.2) is 9.78 Å². The van der Waals surface area contributed by atoms with Crippen molar-refractivity contribution in [1.29, 1.82) is 0 Å². The number of H-pyrrole nitrogens is 1. The molecule has 1 aromatic rings. The average Bonchev–Trinajstić information content (AvgIpc) is 3.25. The van der Waals surface area contributed by atoms with E-state index < -0.39 is 72.8 Å².